The van der Waals surface area contributed by atoms with Gasteiger partial charge >= 0.3 is 0 Å². The zero-order chi connectivity index (χ0) is 28.3. The SMILES string of the molecule is CO[C@H]1C[C@](C)(O)Cc2cc3c(c(O)c21)C(=O)c1c(O)cc2c(c1C3=O)O[C@H]1O[C@@]2(C)[C@@H](O)[C@@H](N(C)C)[C@H]1O. The molecule has 2 bridgehead atoms. The van der Waals surface area contributed by atoms with Gasteiger partial charge in [0.05, 0.1) is 34.4 Å². The molecule has 5 N–H and O–H groups in total. The first-order valence-electron chi connectivity index (χ1n) is 12.7. The molecule has 11 nitrogen and oxygen atoms in total. The number of methoxy groups -OCH3 is 1. The van der Waals surface area contributed by atoms with Gasteiger partial charge in [-0.3, -0.25) is 9.59 Å². The van der Waals surface area contributed by atoms with Crippen LogP contribution in [-0.4, -0.2) is 93.3 Å². The van der Waals surface area contributed by atoms with E-state index < -0.39 is 64.9 Å². The van der Waals surface area contributed by atoms with Crippen molar-refractivity contribution >= 4 is 11.6 Å². The van der Waals surface area contributed by atoms with Crippen molar-refractivity contribution < 1.29 is 49.3 Å². The molecule has 11 heteroatoms. The summed E-state index contributed by atoms with van der Waals surface area (Å²) >= 11 is 0. The molecule has 0 saturated carbocycles. The minimum absolute atomic E-state index is 0.0835. The molecule has 2 aromatic rings. The molecule has 2 aliphatic heterocycles. The van der Waals surface area contributed by atoms with E-state index in [1.54, 1.807) is 32.8 Å². The van der Waals surface area contributed by atoms with Crippen LogP contribution in [-0.2, 0) is 21.5 Å². The monoisotopic (exact) mass is 541 g/mol. The second-order valence-corrected chi connectivity index (χ2v) is 11.6. The van der Waals surface area contributed by atoms with Gasteiger partial charge in [-0.2, -0.15) is 0 Å². The molecule has 39 heavy (non-hydrogen) atoms. The van der Waals surface area contributed by atoms with Crippen molar-refractivity contribution in [3.63, 3.8) is 0 Å². The highest BCUT2D eigenvalue weighted by atomic mass is 16.7. The number of likely N-dealkylation sites (N-methyl/N-ethyl adjacent to an activating group) is 1. The second-order valence-electron chi connectivity index (χ2n) is 11.6. The van der Waals surface area contributed by atoms with Crippen LogP contribution in [0, 0.1) is 0 Å². The zero-order valence-corrected chi connectivity index (χ0v) is 22.2. The van der Waals surface area contributed by atoms with E-state index in [0.717, 1.165) is 0 Å². The van der Waals surface area contributed by atoms with Crippen LogP contribution in [0.25, 0.3) is 0 Å². The van der Waals surface area contributed by atoms with Crippen LogP contribution in [0.3, 0.4) is 0 Å². The van der Waals surface area contributed by atoms with E-state index in [4.69, 9.17) is 14.2 Å². The van der Waals surface area contributed by atoms with Crippen molar-refractivity contribution in [2.24, 2.45) is 0 Å². The number of aliphatic hydroxyl groups excluding tert-OH is 2. The number of carbonyl (C=O) groups is 2. The summed E-state index contributed by atoms with van der Waals surface area (Å²) in [6.07, 6.45) is -4.29. The third kappa shape index (κ3) is 3.38. The smallest absolute Gasteiger partial charge is 0.228 e. The zero-order valence-electron chi connectivity index (χ0n) is 22.2. The molecule has 1 fully saturated rings. The van der Waals surface area contributed by atoms with Gasteiger partial charge in [0, 0.05) is 36.6 Å². The highest BCUT2D eigenvalue weighted by molar-refractivity contribution is 6.31. The maximum absolute atomic E-state index is 14.1. The Balaban J connectivity index is 1.58. The van der Waals surface area contributed by atoms with E-state index in [1.807, 2.05) is 0 Å². The molecule has 208 valence electrons. The minimum Gasteiger partial charge on any atom is -0.507 e. The van der Waals surface area contributed by atoms with Gasteiger partial charge in [0.15, 0.2) is 5.78 Å². The lowest BCUT2D eigenvalue weighted by Gasteiger charge is -2.53. The van der Waals surface area contributed by atoms with Crippen molar-refractivity contribution in [3.8, 4) is 17.2 Å². The number of hydrogen-bond donors (Lipinski definition) is 5. The van der Waals surface area contributed by atoms with Crippen LogP contribution in [0.1, 0.15) is 74.9 Å². The van der Waals surface area contributed by atoms with Gasteiger partial charge in [0.2, 0.25) is 12.1 Å². The van der Waals surface area contributed by atoms with E-state index in [-0.39, 0.29) is 46.4 Å². The van der Waals surface area contributed by atoms with Gasteiger partial charge in [-0.15, -0.1) is 0 Å². The summed E-state index contributed by atoms with van der Waals surface area (Å²) in [6.45, 7) is 3.19. The van der Waals surface area contributed by atoms with Gasteiger partial charge in [-0.25, -0.2) is 0 Å². The fourth-order valence-corrected chi connectivity index (χ4v) is 6.76. The summed E-state index contributed by atoms with van der Waals surface area (Å²) in [4.78, 5) is 29.5. The number of fused-ring (bicyclic) bond motifs is 8. The average Bonchev–Trinajstić information content (AvgIpc) is 2.84. The van der Waals surface area contributed by atoms with Crippen molar-refractivity contribution in [2.45, 2.75) is 68.5 Å². The molecule has 6 rings (SSSR count). The van der Waals surface area contributed by atoms with Gasteiger partial charge < -0.3 is 44.6 Å². The van der Waals surface area contributed by atoms with E-state index >= 15 is 0 Å². The van der Waals surface area contributed by atoms with Crippen LogP contribution in [0.2, 0.25) is 0 Å². The molecule has 2 aromatic carbocycles. The number of rotatable bonds is 2. The number of benzene rings is 2. The Labute approximate surface area is 224 Å². The number of hydrogen-bond acceptors (Lipinski definition) is 11. The molecule has 0 unspecified atom stereocenters. The predicted molar refractivity (Wildman–Crippen MR) is 134 cm³/mol. The van der Waals surface area contributed by atoms with Crippen molar-refractivity contribution in [2.75, 3.05) is 21.2 Å². The largest absolute Gasteiger partial charge is 0.507 e. The predicted octanol–water partition coefficient (Wildman–Crippen LogP) is 0.874. The minimum atomic E-state index is -1.50. The Morgan fingerprint density at radius 1 is 1.05 bits per heavy atom. The van der Waals surface area contributed by atoms with E-state index in [2.05, 4.69) is 0 Å². The van der Waals surface area contributed by atoms with Crippen molar-refractivity contribution in [1.29, 1.82) is 0 Å². The Bertz CT molecular complexity index is 1450. The summed E-state index contributed by atoms with van der Waals surface area (Å²) in [5.41, 5.74) is -2.71. The Hall–Kier alpha value is -3.06. The molecule has 7 atom stereocenters. The molecule has 2 heterocycles. The first kappa shape index (κ1) is 26.2. The van der Waals surface area contributed by atoms with Gasteiger partial charge in [0.25, 0.3) is 0 Å². The summed E-state index contributed by atoms with van der Waals surface area (Å²) in [5, 5.41) is 55.4. The fourth-order valence-electron chi connectivity index (χ4n) is 6.76. The van der Waals surface area contributed by atoms with Gasteiger partial charge in [0.1, 0.15) is 35.1 Å². The lowest BCUT2D eigenvalue weighted by Crippen LogP contribution is -2.68. The van der Waals surface area contributed by atoms with Gasteiger partial charge in [-0.05, 0) is 45.6 Å². The molecular weight excluding hydrogens is 510 g/mol. The highest BCUT2D eigenvalue weighted by Crippen LogP contribution is 2.54. The topological polar surface area (TPSA) is 166 Å². The van der Waals surface area contributed by atoms with Crippen LogP contribution < -0.4 is 4.74 Å². The number of aliphatic hydroxyl groups is 3. The first-order valence-corrected chi connectivity index (χ1v) is 12.7. The summed E-state index contributed by atoms with van der Waals surface area (Å²) in [7, 11) is 4.80. The third-order valence-corrected chi connectivity index (χ3v) is 8.66. The number of phenolic OH excluding ortho intramolecular Hbond substituents is 2. The second kappa shape index (κ2) is 8.23. The molecule has 0 aromatic heterocycles. The average molecular weight is 542 g/mol. The van der Waals surface area contributed by atoms with Crippen molar-refractivity contribution in [3.05, 3.63) is 51.1 Å². The summed E-state index contributed by atoms with van der Waals surface area (Å²) in [6, 6.07) is 1.90. The highest BCUT2D eigenvalue weighted by Gasteiger charge is 2.59. The normalized spacial score (nSPS) is 34.6. The number of ether oxygens (including phenoxy) is 3. The summed E-state index contributed by atoms with van der Waals surface area (Å²) < 4.78 is 17.4. The van der Waals surface area contributed by atoms with Crippen LogP contribution >= 0.6 is 0 Å². The fraction of sp³-hybridized carbons (Fsp3) is 0.500. The number of ketones is 2. The van der Waals surface area contributed by atoms with E-state index in [1.165, 1.54) is 19.2 Å². The molecule has 0 amide bonds. The molecule has 1 saturated heterocycles. The quantitative estimate of drug-likeness (QED) is 0.312. The lowest BCUT2D eigenvalue weighted by molar-refractivity contribution is -0.311. The molecule has 4 aliphatic rings. The number of nitrogens with zero attached hydrogens (tertiary/aromatic N) is 1. The Morgan fingerprint density at radius 2 is 1.74 bits per heavy atom. The maximum atomic E-state index is 14.1. The molecule has 2 aliphatic carbocycles. The number of carbonyl (C=O) groups excluding carboxylic acids is 2. The molecule has 0 radical (unpaired) electrons. The van der Waals surface area contributed by atoms with Gasteiger partial charge in [-0.1, -0.05) is 0 Å². The standard InChI is InChI=1S/C28H31NO10/c1-27(36)8-10-6-11-16(21(32)15(10)14(9-27)37-5)22(33)17-13(30)7-12-24(18(17)20(11)31)38-26-23(34)19(29(3)4)25(35)28(12,2)39-26/h6-7,14,19,23,25-26,30,32,34-36H,8-9H2,1-5H3/t14-,19-,23+,25-,26-,27+,28+/m0/s1. The lowest BCUT2D eigenvalue weighted by atomic mass is 9.72. The Morgan fingerprint density at radius 3 is 2.38 bits per heavy atom. The van der Waals surface area contributed by atoms with Crippen LogP contribution in [0.4, 0.5) is 0 Å². The summed E-state index contributed by atoms with van der Waals surface area (Å²) in [5.74, 6) is -2.54. The Kier molecular flexibility index (Phi) is 5.52. The van der Waals surface area contributed by atoms with Crippen molar-refractivity contribution in [1.82, 2.24) is 4.90 Å². The van der Waals surface area contributed by atoms with Crippen LogP contribution in [0.15, 0.2) is 12.1 Å². The molecular formula is C28H31NO10. The van der Waals surface area contributed by atoms with Crippen LogP contribution in [0.5, 0.6) is 17.2 Å². The first-order chi connectivity index (χ1) is 18.2. The number of aromatic hydroxyl groups is 2. The number of phenols is 2. The van der Waals surface area contributed by atoms with E-state index in [0.29, 0.717) is 11.1 Å². The maximum Gasteiger partial charge on any atom is 0.228 e. The van der Waals surface area contributed by atoms with E-state index in [9.17, 15) is 35.1 Å². The third-order valence-electron chi connectivity index (χ3n) is 8.66. The molecule has 0 spiro atoms.